The van der Waals surface area contributed by atoms with Gasteiger partial charge in [-0.25, -0.2) is 0 Å². The van der Waals surface area contributed by atoms with Crippen molar-refractivity contribution in [2.24, 2.45) is 0 Å². The van der Waals surface area contributed by atoms with E-state index >= 15 is 0 Å². The van der Waals surface area contributed by atoms with Gasteiger partial charge < -0.3 is 14.0 Å². The molecule has 0 bridgehead atoms. The molecule has 4 heteroatoms. The number of benzene rings is 2. The van der Waals surface area contributed by atoms with Gasteiger partial charge in [0.15, 0.2) is 0 Å². The zero-order valence-electron chi connectivity index (χ0n) is 11.7. The summed E-state index contributed by atoms with van der Waals surface area (Å²) in [7, 11) is -0.730. The van der Waals surface area contributed by atoms with Crippen LogP contribution in [0, 0.1) is 0 Å². The highest BCUT2D eigenvalue weighted by Gasteiger charge is 2.26. The summed E-state index contributed by atoms with van der Waals surface area (Å²) in [5, 5.41) is 0. The topological polar surface area (TPSA) is 27.7 Å². The minimum Gasteiger partial charge on any atom is -0.501 e. The number of hydrogen-bond acceptors (Lipinski definition) is 3. The highest BCUT2D eigenvalue weighted by Crippen LogP contribution is 2.14. The van der Waals surface area contributed by atoms with Gasteiger partial charge in [0.2, 0.25) is 0 Å². The Hall–Kier alpha value is -1.94. The van der Waals surface area contributed by atoms with E-state index in [1.165, 1.54) is 0 Å². The molecule has 0 saturated carbocycles. The van der Waals surface area contributed by atoms with Crippen molar-refractivity contribution in [3.8, 4) is 11.5 Å². The van der Waals surface area contributed by atoms with E-state index in [4.69, 9.17) is 14.0 Å². The van der Waals surface area contributed by atoms with E-state index in [9.17, 15) is 0 Å². The molecule has 0 aliphatic rings. The van der Waals surface area contributed by atoms with Crippen molar-refractivity contribution in [2.45, 2.75) is 19.8 Å². The minimum atomic E-state index is -0.730. The predicted molar refractivity (Wildman–Crippen MR) is 80.8 cm³/mol. The highest BCUT2D eigenvalue weighted by atomic mass is 16.7. The quantitative estimate of drug-likeness (QED) is 0.537. The molecule has 2 aromatic carbocycles. The van der Waals surface area contributed by atoms with Crippen LogP contribution in [0.15, 0.2) is 60.7 Å². The third-order valence-corrected chi connectivity index (χ3v) is 2.70. The van der Waals surface area contributed by atoms with Crippen molar-refractivity contribution in [2.75, 3.05) is 6.61 Å². The van der Waals surface area contributed by atoms with Gasteiger partial charge in [0.1, 0.15) is 11.5 Å². The monoisotopic (exact) mass is 270 g/mol. The van der Waals surface area contributed by atoms with E-state index in [2.05, 4.69) is 6.92 Å². The Bertz CT molecular complexity index is 434. The van der Waals surface area contributed by atoms with Crippen LogP contribution in [0.3, 0.4) is 0 Å². The average Bonchev–Trinajstić information content (AvgIpc) is 2.49. The van der Waals surface area contributed by atoms with Gasteiger partial charge in [0.25, 0.3) is 0 Å². The van der Waals surface area contributed by atoms with Crippen molar-refractivity contribution >= 4 is 7.32 Å². The summed E-state index contributed by atoms with van der Waals surface area (Å²) in [6.07, 6.45) is 2.05. The first-order valence-corrected chi connectivity index (χ1v) is 6.93. The standard InChI is InChI=1S/C16H19BO3/c1-2-3-14-18-17(19-15-10-6-4-7-11-15)20-16-12-8-5-9-13-16/h4-13H,2-3,14H2,1H3. The molecule has 0 heterocycles. The van der Waals surface area contributed by atoms with E-state index in [1.807, 2.05) is 60.7 Å². The largest absolute Gasteiger partial charge is 0.788 e. The van der Waals surface area contributed by atoms with Gasteiger partial charge >= 0.3 is 7.32 Å². The number of rotatable bonds is 8. The van der Waals surface area contributed by atoms with Crippen LogP contribution >= 0.6 is 0 Å². The molecule has 0 fully saturated rings. The maximum atomic E-state index is 5.72. The molecule has 104 valence electrons. The van der Waals surface area contributed by atoms with Crippen LogP contribution in [-0.2, 0) is 4.65 Å². The van der Waals surface area contributed by atoms with Crippen molar-refractivity contribution in [1.29, 1.82) is 0 Å². The van der Waals surface area contributed by atoms with Gasteiger partial charge in [0, 0.05) is 6.61 Å². The smallest absolute Gasteiger partial charge is 0.501 e. The molecule has 0 saturated heterocycles. The van der Waals surface area contributed by atoms with Gasteiger partial charge in [-0.1, -0.05) is 49.7 Å². The first-order chi connectivity index (χ1) is 9.88. The van der Waals surface area contributed by atoms with Crippen molar-refractivity contribution in [1.82, 2.24) is 0 Å². The Morgan fingerprint density at radius 1 is 0.800 bits per heavy atom. The molecule has 2 rings (SSSR count). The SMILES string of the molecule is CCCCOB(Oc1ccccc1)Oc1ccccc1. The lowest BCUT2D eigenvalue weighted by molar-refractivity contribution is 0.198. The fourth-order valence-corrected chi connectivity index (χ4v) is 1.64. The van der Waals surface area contributed by atoms with Crippen LogP contribution in [0.2, 0.25) is 0 Å². The Kier molecular flexibility index (Phi) is 5.99. The Balaban J connectivity index is 1.96. The second-order valence-corrected chi connectivity index (χ2v) is 4.37. The number of para-hydroxylation sites is 2. The Morgan fingerprint density at radius 2 is 1.30 bits per heavy atom. The second-order valence-electron chi connectivity index (χ2n) is 4.37. The van der Waals surface area contributed by atoms with Gasteiger partial charge in [-0.05, 0) is 30.7 Å². The van der Waals surface area contributed by atoms with Crippen LogP contribution < -0.4 is 9.31 Å². The molecule has 0 spiro atoms. The molecule has 0 N–H and O–H groups in total. The summed E-state index contributed by atoms with van der Waals surface area (Å²) in [6, 6.07) is 19.1. The molecule has 0 aromatic heterocycles. The van der Waals surface area contributed by atoms with Gasteiger partial charge in [-0.2, -0.15) is 0 Å². The summed E-state index contributed by atoms with van der Waals surface area (Å²) in [5.74, 6) is 1.45. The van der Waals surface area contributed by atoms with Crippen LogP contribution in [0.25, 0.3) is 0 Å². The normalized spacial score (nSPS) is 10.1. The molecule has 0 aliphatic heterocycles. The fourth-order valence-electron chi connectivity index (χ4n) is 1.64. The first-order valence-electron chi connectivity index (χ1n) is 6.93. The lowest BCUT2D eigenvalue weighted by atomic mass is 10.2. The lowest BCUT2D eigenvalue weighted by Crippen LogP contribution is -2.34. The molecule has 0 amide bonds. The summed E-state index contributed by atoms with van der Waals surface area (Å²) >= 11 is 0. The zero-order valence-corrected chi connectivity index (χ0v) is 11.7. The van der Waals surface area contributed by atoms with Gasteiger partial charge in [-0.3, -0.25) is 0 Å². The number of hydrogen-bond donors (Lipinski definition) is 0. The van der Waals surface area contributed by atoms with Crippen molar-refractivity contribution in [3.05, 3.63) is 60.7 Å². The third kappa shape index (κ3) is 4.98. The van der Waals surface area contributed by atoms with E-state index in [0.29, 0.717) is 6.61 Å². The average molecular weight is 270 g/mol. The molecule has 0 radical (unpaired) electrons. The Morgan fingerprint density at radius 3 is 1.75 bits per heavy atom. The molecule has 0 atom stereocenters. The van der Waals surface area contributed by atoms with Crippen LogP contribution in [0.5, 0.6) is 11.5 Å². The fraction of sp³-hybridized carbons (Fsp3) is 0.250. The molecule has 20 heavy (non-hydrogen) atoms. The van der Waals surface area contributed by atoms with Crippen LogP contribution in [-0.4, -0.2) is 13.9 Å². The van der Waals surface area contributed by atoms with Crippen LogP contribution in [0.4, 0.5) is 0 Å². The van der Waals surface area contributed by atoms with Gasteiger partial charge in [0.05, 0.1) is 0 Å². The molecular formula is C16H19BO3. The molecule has 0 aliphatic carbocycles. The molecule has 2 aromatic rings. The Labute approximate surface area is 120 Å². The summed E-state index contributed by atoms with van der Waals surface area (Å²) < 4.78 is 17.1. The third-order valence-electron chi connectivity index (χ3n) is 2.70. The predicted octanol–water partition coefficient (Wildman–Crippen LogP) is 3.95. The van der Waals surface area contributed by atoms with Gasteiger partial charge in [-0.15, -0.1) is 0 Å². The first kappa shape index (κ1) is 14.5. The molecular weight excluding hydrogens is 251 g/mol. The van der Waals surface area contributed by atoms with E-state index in [1.54, 1.807) is 0 Å². The summed E-state index contributed by atoms with van der Waals surface area (Å²) in [5.41, 5.74) is 0. The zero-order chi connectivity index (χ0) is 14.0. The second kappa shape index (κ2) is 8.28. The summed E-state index contributed by atoms with van der Waals surface area (Å²) in [4.78, 5) is 0. The molecule has 3 nitrogen and oxygen atoms in total. The van der Waals surface area contributed by atoms with Crippen molar-refractivity contribution < 1.29 is 14.0 Å². The number of unbranched alkanes of at least 4 members (excludes halogenated alkanes) is 1. The highest BCUT2D eigenvalue weighted by molar-refractivity contribution is 6.38. The maximum Gasteiger partial charge on any atom is 0.788 e. The van der Waals surface area contributed by atoms with Crippen LogP contribution in [0.1, 0.15) is 19.8 Å². The lowest BCUT2D eigenvalue weighted by Gasteiger charge is -2.15. The van der Waals surface area contributed by atoms with E-state index in [0.717, 1.165) is 24.3 Å². The van der Waals surface area contributed by atoms with Crippen molar-refractivity contribution in [3.63, 3.8) is 0 Å². The van der Waals surface area contributed by atoms with E-state index < -0.39 is 7.32 Å². The minimum absolute atomic E-state index is 0.612. The summed E-state index contributed by atoms with van der Waals surface area (Å²) in [6.45, 7) is 2.73. The maximum absolute atomic E-state index is 5.72. The van der Waals surface area contributed by atoms with E-state index in [-0.39, 0.29) is 0 Å². The molecule has 0 unspecified atom stereocenters.